The van der Waals surface area contributed by atoms with E-state index in [9.17, 15) is 4.79 Å². The molecule has 4 heteroatoms. The molecule has 0 bridgehead atoms. The molecule has 1 amide bonds. The van der Waals surface area contributed by atoms with Gasteiger partial charge in [0.15, 0.2) is 0 Å². The first-order valence-corrected chi connectivity index (χ1v) is 6.81. The highest BCUT2D eigenvalue weighted by Gasteiger charge is 2.20. The highest BCUT2D eigenvalue weighted by atomic mass is 32.1. The van der Waals surface area contributed by atoms with Crippen molar-refractivity contribution in [1.82, 2.24) is 10.3 Å². The Hall–Kier alpha value is -1.68. The van der Waals surface area contributed by atoms with Crippen LogP contribution in [0.2, 0.25) is 0 Å². The lowest BCUT2D eigenvalue weighted by Crippen LogP contribution is -2.31. The number of rotatable bonds is 4. The molecule has 0 saturated carbocycles. The van der Waals surface area contributed by atoms with Crippen molar-refractivity contribution >= 4 is 17.2 Å². The minimum absolute atomic E-state index is 0.0299. The zero-order chi connectivity index (χ0) is 13.0. The SMILES string of the molecule is CC(C)C(NC(=O)c1ccccc1)c1nccs1. The Kier molecular flexibility index (Phi) is 4.10. The number of benzene rings is 1. The second-order valence-corrected chi connectivity index (χ2v) is 5.36. The summed E-state index contributed by atoms with van der Waals surface area (Å²) in [7, 11) is 0. The molecule has 0 aliphatic carbocycles. The van der Waals surface area contributed by atoms with Gasteiger partial charge in [-0.3, -0.25) is 4.79 Å². The molecule has 0 saturated heterocycles. The van der Waals surface area contributed by atoms with E-state index in [4.69, 9.17) is 0 Å². The number of thiazole rings is 1. The maximum absolute atomic E-state index is 12.1. The first-order valence-electron chi connectivity index (χ1n) is 5.94. The summed E-state index contributed by atoms with van der Waals surface area (Å²) in [4.78, 5) is 16.4. The van der Waals surface area contributed by atoms with Crippen molar-refractivity contribution in [2.75, 3.05) is 0 Å². The van der Waals surface area contributed by atoms with Gasteiger partial charge in [-0.1, -0.05) is 32.0 Å². The normalized spacial score (nSPS) is 12.4. The summed E-state index contributed by atoms with van der Waals surface area (Å²) in [5.74, 6) is 0.258. The van der Waals surface area contributed by atoms with Crippen molar-refractivity contribution in [2.45, 2.75) is 19.9 Å². The van der Waals surface area contributed by atoms with E-state index in [-0.39, 0.29) is 11.9 Å². The van der Waals surface area contributed by atoms with Crippen molar-refractivity contribution < 1.29 is 4.79 Å². The number of aromatic nitrogens is 1. The van der Waals surface area contributed by atoms with E-state index >= 15 is 0 Å². The second kappa shape index (κ2) is 5.78. The number of hydrogen-bond acceptors (Lipinski definition) is 3. The number of nitrogens with one attached hydrogen (secondary N) is 1. The van der Waals surface area contributed by atoms with Crippen molar-refractivity contribution in [1.29, 1.82) is 0 Å². The molecule has 0 aliphatic heterocycles. The van der Waals surface area contributed by atoms with Gasteiger partial charge in [-0.15, -0.1) is 11.3 Å². The molecule has 0 fully saturated rings. The minimum Gasteiger partial charge on any atom is -0.343 e. The zero-order valence-corrected chi connectivity index (χ0v) is 11.3. The molecule has 3 nitrogen and oxygen atoms in total. The standard InChI is InChI=1S/C14H16N2OS/c1-10(2)12(14-15-8-9-18-14)16-13(17)11-6-4-3-5-7-11/h3-10,12H,1-2H3,(H,16,17). The highest BCUT2D eigenvalue weighted by molar-refractivity contribution is 7.09. The molecule has 18 heavy (non-hydrogen) atoms. The van der Waals surface area contributed by atoms with Crippen LogP contribution in [0.25, 0.3) is 0 Å². The van der Waals surface area contributed by atoms with Crippen LogP contribution >= 0.6 is 11.3 Å². The average molecular weight is 260 g/mol. The van der Waals surface area contributed by atoms with E-state index < -0.39 is 0 Å². The smallest absolute Gasteiger partial charge is 0.251 e. The van der Waals surface area contributed by atoms with Gasteiger partial charge in [0.25, 0.3) is 5.91 Å². The summed E-state index contributed by atoms with van der Waals surface area (Å²) in [6.45, 7) is 4.16. The van der Waals surface area contributed by atoms with Gasteiger partial charge in [0.1, 0.15) is 5.01 Å². The van der Waals surface area contributed by atoms with Crippen LogP contribution in [0.15, 0.2) is 41.9 Å². The molecule has 1 aromatic carbocycles. The van der Waals surface area contributed by atoms with Crippen molar-refractivity contribution in [3.8, 4) is 0 Å². The summed E-state index contributed by atoms with van der Waals surface area (Å²) in [6.07, 6.45) is 1.77. The molecule has 2 rings (SSSR count). The molecular formula is C14H16N2OS. The number of amides is 1. The molecule has 2 aromatic rings. The molecule has 1 aromatic heterocycles. The fourth-order valence-corrected chi connectivity index (χ4v) is 2.58. The summed E-state index contributed by atoms with van der Waals surface area (Å²) >= 11 is 1.57. The number of carbonyl (C=O) groups excluding carboxylic acids is 1. The van der Waals surface area contributed by atoms with Crippen molar-refractivity contribution in [2.24, 2.45) is 5.92 Å². The maximum Gasteiger partial charge on any atom is 0.251 e. The Balaban J connectivity index is 2.13. The predicted molar refractivity (Wildman–Crippen MR) is 73.6 cm³/mol. The van der Waals surface area contributed by atoms with Crippen LogP contribution in [0.5, 0.6) is 0 Å². The Bertz CT molecular complexity index is 494. The van der Waals surface area contributed by atoms with Gasteiger partial charge < -0.3 is 5.32 Å². The monoisotopic (exact) mass is 260 g/mol. The third kappa shape index (κ3) is 2.96. The van der Waals surface area contributed by atoms with Gasteiger partial charge in [0.2, 0.25) is 0 Å². The largest absolute Gasteiger partial charge is 0.343 e. The van der Waals surface area contributed by atoms with Crippen LogP contribution in [-0.4, -0.2) is 10.9 Å². The van der Waals surface area contributed by atoms with Crippen molar-refractivity contribution in [3.63, 3.8) is 0 Å². The van der Waals surface area contributed by atoms with Crippen LogP contribution in [0.3, 0.4) is 0 Å². The van der Waals surface area contributed by atoms with Gasteiger partial charge in [0.05, 0.1) is 6.04 Å². The van der Waals surface area contributed by atoms with E-state index in [1.807, 2.05) is 35.7 Å². The topological polar surface area (TPSA) is 42.0 Å². The Morgan fingerprint density at radius 1 is 1.28 bits per heavy atom. The molecule has 0 radical (unpaired) electrons. The molecule has 1 atom stereocenters. The van der Waals surface area contributed by atoms with Crippen LogP contribution in [0.4, 0.5) is 0 Å². The molecular weight excluding hydrogens is 244 g/mol. The fourth-order valence-electron chi connectivity index (χ4n) is 1.72. The Labute approximate surface area is 111 Å². The molecule has 0 aliphatic rings. The van der Waals surface area contributed by atoms with Gasteiger partial charge in [0, 0.05) is 17.1 Å². The second-order valence-electron chi connectivity index (χ2n) is 4.43. The van der Waals surface area contributed by atoms with E-state index in [1.165, 1.54) is 0 Å². The molecule has 1 N–H and O–H groups in total. The van der Waals surface area contributed by atoms with Gasteiger partial charge >= 0.3 is 0 Å². The third-order valence-corrected chi connectivity index (χ3v) is 3.57. The molecule has 0 spiro atoms. The molecule has 1 heterocycles. The van der Waals surface area contributed by atoms with Gasteiger partial charge in [-0.25, -0.2) is 4.98 Å². The van der Waals surface area contributed by atoms with E-state index in [0.717, 1.165) is 5.01 Å². The van der Waals surface area contributed by atoms with E-state index in [2.05, 4.69) is 24.1 Å². The fraction of sp³-hybridized carbons (Fsp3) is 0.286. The maximum atomic E-state index is 12.1. The summed E-state index contributed by atoms with van der Waals surface area (Å²) in [5, 5.41) is 5.93. The number of nitrogens with zero attached hydrogens (tertiary/aromatic N) is 1. The lowest BCUT2D eigenvalue weighted by Gasteiger charge is -2.20. The molecule has 1 unspecified atom stereocenters. The predicted octanol–water partition coefficient (Wildman–Crippen LogP) is 3.27. The zero-order valence-electron chi connectivity index (χ0n) is 10.5. The third-order valence-electron chi connectivity index (χ3n) is 2.71. The van der Waals surface area contributed by atoms with Crippen LogP contribution in [0, 0.1) is 5.92 Å². The average Bonchev–Trinajstić information content (AvgIpc) is 2.90. The van der Waals surface area contributed by atoms with Crippen LogP contribution in [0.1, 0.15) is 35.3 Å². The van der Waals surface area contributed by atoms with Gasteiger partial charge in [-0.05, 0) is 18.1 Å². The highest BCUT2D eigenvalue weighted by Crippen LogP contribution is 2.23. The summed E-state index contributed by atoms with van der Waals surface area (Å²) in [6, 6.07) is 9.23. The minimum atomic E-state index is -0.0514. The number of carbonyl (C=O) groups is 1. The lowest BCUT2D eigenvalue weighted by molar-refractivity contribution is 0.0925. The van der Waals surface area contributed by atoms with Crippen LogP contribution in [-0.2, 0) is 0 Å². The lowest BCUT2D eigenvalue weighted by atomic mass is 10.0. The Morgan fingerprint density at radius 2 is 2.00 bits per heavy atom. The summed E-state index contributed by atoms with van der Waals surface area (Å²) in [5.41, 5.74) is 0.680. The summed E-state index contributed by atoms with van der Waals surface area (Å²) < 4.78 is 0. The quantitative estimate of drug-likeness (QED) is 0.916. The first-order chi connectivity index (χ1) is 8.68. The van der Waals surface area contributed by atoms with Crippen molar-refractivity contribution in [3.05, 3.63) is 52.5 Å². The molecule has 94 valence electrons. The van der Waals surface area contributed by atoms with E-state index in [0.29, 0.717) is 11.5 Å². The van der Waals surface area contributed by atoms with Crippen LogP contribution < -0.4 is 5.32 Å². The first kappa shape index (κ1) is 12.8. The number of hydrogen-bond donors (Lipinski definition) is 1. The van der Waals surface area contributed by atoms with Gasteiger partial charge in [-0.2, -0.15) is 0 Å². The Morgan fingerprint density at radius 3 is 2.56 bits per heavy atom. The van der Waals surface area contributed by atoms with E-state index in [1.54, 1.807) is 17.5 Å².